The van der Waals surface area contributed by atoms with E-state index in [2.05, 4.69) is 9.97 Å². The van der Waals surface area contributed by atoms with Gasteiger partial charge in [-0.3, -0.25) is 9.78 Å². The summed E-state index contributed by atoms with van der Waals surface area (Å²) in [4.78, 5) is 19.9. The number of aromatic nitrogens is 2. The zero-order chi connectivity index (χ0) is 23.7. The molecule has 0 aliphatic carbocycles. The normalized spacial score (nSPS) is 13.4. The van der Waals surface area contributed by atoms with Crippen LogP contribution in [0.3, 0.4) is 0 Å². The van der Waals surface area contributed by atoms with E-state index in [9.17, 15) is 13.2 Å². The second-order valence-corrected chi connectivity index (χ2v) is 10.1. The predicted octanol–water partition coefficient (Wildman–Crippen LogP) is 3.39. The number of nitrogens with zero attached hydrogens (tertiary/aromatic N) is 2. The first-order chi connectivity index (χ1) is 16.4. The van der Waals surface area contributed by atoms with E-state index in [0.717, 1.165) is 10.9 Å². The molecule has 0 atom stereocenters. The number of H-pyrrole nitrogens is 1. The van der Waals surface area contributed by atoms with Gasteiger partial charge in [0.15, 0.2) is 11.5 Å². The highest BCUT2D eigenvalue weighted by atomic mass is 32.2. The summed E-state index contributed by atoms with van der Waals surface area (Å²) in [6, 6.07) is 15.6. The van der Waals surface area contributed by atoms with Crippen molar-refractivity contribution in [2.75, 3.05) is 13.2 Å². The summed E-state index contributed by atoms with van der Waals surface area (Å²) in [6.07, 6.45) is 3.24. The Labute approximate surface area is 196 Å². The van der Waals surface area contributed by atoms with Crippen LogP contribution in [0.5, 0.6) is 11.5 Å². The molecular weight excluding hydrogens is 454 g/mol. The number of hydrogen-bond donors (Lipinski definition) is 1. The van der Waals surface area contributed by atoms with Crippen LogP contribution in [0.15, 0.2) is 76.7 Å². The number of rotatable bonds is 6. The van der Waals surface area contributed by atoms with Gasteiger partial charge in [0.05, 0.1) is 4.90 Å². The zero-order valence-corrected chi connectivity index (χ0v) is 19.3. The van der Waals surface area contributed by atoms with Crippen molar-refractivity contribution in [3.05, 3.63) is 94.0 Å². The smallest absolute Gasteiger partial charge is 0.252 e. The average Bonchev–Trinajstić information content (AvgIpc) is 2.84. The quantitative estimate of drug-likeness (QED) is 0.457. The maximum absolute atomic E-state index is 13.8. The molecule has 2 aromatic carbocycles. The molecule has 34 heavy (non-hydrogen) atoms. The molecule has 0 saturated carbocycles. The van der Waals surface area contributed by atoms with Crippen LogP contribution in [0.2, 0.25) is 0 Å². The van der Waals surface area contributed by atoms with Crippen molar-refractivity contribution in [1.29, 1.82) is 0 Å². The van der Waals surface area contributed by atoms with Gasteiger partial charge >= 0.3 is 0 Å². The number of aryl methyl sites for hydroxylation is 1. The fourth-order valence-corrected chi connectivity index (χ4v) is 5.36. The summed E-state index contributed by atoms with van der Waals surface area (Å²) in [7, 11) is -3.99. The van der Waals surface area contributed by atoms with Gasteiger partial charge in [-0.15, -0.1) is 0 Å². The summed E-state index contributed by atoms with van der Waals surface area (Å²) in [5, 5.41) is 0.840. The third kappa shape index (κ3) is 4.40. The Morgan fingerprint density at radius 2 is 1.82 bits per heavy atom. The van der Waals surface area contributed by atoms with Crippen molar-refractivity contribution in [3.8, 4) is 11.5 Å². The molecule has 0 fully saturated rings. The van der Waals surface area contributed by atoms with Crippen LogP contribution < -0.4 is 15.0 Å². The second-order valence-electron chi connectivity index (χ2n) is 8.15. The number of ether oxygens (including phenoxy) is 2. The van der Waals surface area contributed by atoms with Crippen molar-refractivity contribution < 1.29 is 17.9 Å². The van der Waals surface area contributed by atoms with Gasteiger partial charge in [0, 0.05) is 42.6 Å². The Kier molecular flexibility index (Phi) is 5.80. The topological polar surface area (TPSA) is 102 Å². The summed E-state index contributed by atoms with van der Waals surface area (Å²) < 4.78 is 39.9. The minimum absolute atomic E-state index is 0.0515. The molecule has 1 aliphatic heterocycles. The number of aromatic amines is 1. The van der Waals surface area contributed by atoms with Crippen molar-refractivity contribution in [2.45, 2.75) is 24.9 Å². The van der Waals surface area contributed by atoms with E-state index < -0.39 is 10.0 Å². The van der Waals surface area contributed by atoms with Gasteiger partial charge in [-0.25, -0.2) is 8.42 Å². The summed E-state index contributed by atoms with van der Waals surface area (Å²) in [5.41, 5.74) is 2.47. The molecule has 3 heterocycles. The van der Waals surface area contributed by atoms with Crippen LogP contribution in [0.1, 0.15) is 16.7 Å². The standard InChI is InChI=1S/C25H23N3O5S/c1-17-4-6-22-19(11-17)12-20(25(29)27-22)16-28(15-18-3-2-8-26-14-18)34(30,31)21-5-7-23-24(13-21)33-10-9-32-23/h2-8,11-14H,9-10,15-16H2,1H3,(H,27,29). The first-order valence-electron chi connectivity index (χ1n) is 10.8. The van der Waals surface area contributed by atoms with E-state index in [4.69, 9.17) is 9.47 Å². The largest absolute Gasteiger partial charge is 0.486 e. The number of sulfonamides is 1. The Balaban J connectivity index is 1.56. The fourth-order valence-electron chi connectivity index (χ4n) is 3.93. The van der Waals surface area contributed by atoms with Crippen LogP contribution in [-0.2, 0) is 23.1 Å². The Hall–Kier alpha value is -3.69. The molecule has 1 N–H and O–H groups in total. The van der Waals surface area contributed by atoms with E-state index in [1.165, 1.54) is 16.4 Å². The highest BCUT2D eigenvalue weighted by molar-refractivity contribution is 7.89. The zero-order valence-electron chi connectivity index (χ0n) is 18.5. The van der Waals surface area contributed by atoms with Gasteiger partial charge in [-0.05, 0) is 54.3 Å². The molecule has 0 radical (unpaired) electrons. The van der Waals surface area contributed by atoms with E-state index in [1.807, 2.05) is 25.1 Å². The van der Waals surface area contributed by atoms with Crippen LogP contribution >= 0.6 is 0 Å². The molecule has 0 saturated heterocycles. The first kappa shape index (κ1) is 22.1. The SMILES string of the molecule is Cc1ccc2[nH]c(=O)c(CN(Cc3cccnc3)S(=O)(=O)c3ccc4c(c3)OCCO4)cc2c1. The molecule has 0 unspecified atom stereocenters. The Morgan fingerprint density at radius 3 is 2.62 bits per heavy atom. The molecule has 0 amide bonds. The van der Waals surface area contributed by atoms with Crippen LogP contribution in [0, 0.1) is 6.92 Å². The van der Waals surface area contributed by atoms with Crippen molar-refractivity contribution in [1.82, 2.24) is 14.3 Å². The van der Waals surface area contributed by atoms with E-state index in [1.54, 1.807) is 36.7 Å². The van der Waals surface area contributed by atoms with Crippen molar-refractivity contribution in [3.63, 3.8) is 0 Å². The number of benzene rings is 2. The van der Waals surface area contributed by atoms with Gasteiger partial charge in [-0.1, -0.05) is 17.7 Å². The lowest BCUT2D eigenvalue weighted by molar-refractivity contribution is 0.171. The van der Waals surface area contributed by atoms with Crippen LogP contribution in [-0.4, -0.2) is 35.9 Å². The molecule has 174 valence electrons. The van der Waals surface area contributed by atoms with E-state index in [0.29, 0.717) is 41.4 Å². The molecule has 9 heteroatoms. The Bertz CT molecular complexity index is 1520. The molecule has 1 aliphatic rings. The highest BCUT2D eigenvalue weighted by Crippen LogP contribution is 2.33. The molecule has 0 spiro atoms. The molecule has 8 nitrogen and oxygen atoms in total. The van der Waals surface area contributed by atoms with E-state index >= 15 is 0 Å². The molecular formula is C25H23N3O5S. The van der Waals surface area contributed by atoms with Crippen LogP contribution in [0.4, 0.5) is 0 Å². The van der Waals surface area contributed by atoms with Gasteiger partial charge in [-0.2, -0.15) is 4.31 Å². The Morgan fingerprint density at radius 1 is 1.00 bits per heavy atom. The summed E-state index contributed by atoms with van der Waals surface area (Å²) >= 11 is 0. The number of hydrogen-bond acceptors (Lipinski definition) is 6. The number of pyridine rings is 2. The maximum atomic E-state index is 13.8. The third-order valence-corrected chi connectivity index (χ3v) is 7.44. The maximum Gasteiger partial charge on any atom is 0.252 e. The molecule has 5 rings (SSSR count). The van der Waals surface area contributed by atoms with Gasteiger partial charge in [0.25, 0.3) is 5.56 Å². The van der Waals surface area contributed by atoms with Crippen LogP contribution in [0.25, 0.3) is 10.9 Å². The lowest BCUT2D eigenvalue weighted by atomic mass is 10.1. The predicted molar refractivity (Wildman–Crippen MR) is 127 cm³/mol. The van der Waals surface area contributed by atoms with Crippen molar-refractivity contribution >= 4 is 20.9 Å². The molecule has 4 aromatic rings. The highest BCUT2D eigenvalue weighted by Gasteiger charge is 2.28. The van der Waals surface area contributed by atoms with Gasteiger partial charge < -0.3 is 14.5 Å². The summed E-state index contributed by atoms with van der Waals surface area (Å²) in [5.74, 6) is 0.887. The molecule has 0 bridgehead atoms. The van der Waals surface area contributed by atoms with Crippen molar-refractivity contribution in [2.24, 2.45) is 0 Å². The average molecular weight is 478 g/mol. The summed E-state index contributed by atoms with van der Waals surface area (Å²) in [6.45, 7) is 2.67. The number of nitrogens with one attached hydrogen (secondary N) is 1. The fraction of sp³-hybridized carbons (Fsp3) is 0.200. The monoisotopic (exact) mass is 477 g/mol. The minimum atomic E-state index is -3.99. The lowest BCUT2D eigenvalue weighted by Crippen LogP contribution is -2.32. The van der Waals surface area contributed by atoms with E-state index in [-0.39, 0.29) is 23.5 Å². The number of fused-ring (bicyclic) bond motifs is 2. The third-order valence-electron chi connectivity index (χ3n) is 5.66. The first-order valence-corrected chi connectivity index (χ1v) is 12.3. The second kappa shape index (κ2) is 8.92. The minimum Gasteiger partial charge on any atom is -0.486 e. The lowest BCUT2D eigenvalue weighted by Gasteiger charge is -2.24. The molecule has 2 aromatic heterocycles. The van der Waals surface area contributed by atoms with Gasteiger partial charge in [0.1, 0.15) is 13.2 Å². The van der Waals surface area contributed by atoms with Gasteiger partial charge in [0.2, 0.25) is 10.0 Å².